The molecule has 0 fully saturated rings. The van der Waals surface area contributed by atoms with Crippen LogP contribution in [-0.4, -0.2) is 14.5 Å². The van der Waals surface area contributed by atoms with Crippen LogP contribution in [0.1, 0.15) is 11.4 Å². The van der Waals surface area contributed by atoms with Gasteiger partial charge in [0.25, 0.3) is 0 Å². The summed E-state index contributed by atoms with van der Waals surface area (Å²) in [5.74, 6) is 0.0899. The Hall–Kier alpha value is -2.02. The molecule has 0 aliphatic heterocycles. The van der Waals surface area contributed by atoms with Crippen molar-refractivity contribution in [3.8, 4) is 11.8 Å². The van der Waals surface area contributed by atoms with Crippen molar-refractivity contribution in [2.75, 3.05) is 0 Å². The third-order valence-corrected chi connectivity index (χ3v) is 1.91. The maximum absolute atomic E-state index is 9.41. The highest BCUT2D eigenvalue weighted by Gasteiger charge is 2.09. The number of nitrogens with zero attached hydrogens (tertiary/aromatic N) is 3. The zero-order chi connectivity index (χ0) is 9.42. The molecular formula is C9H7N3O. The zero-order valence-corrected chi connectivity index (χ0v) is 7.02. The topological polar surface area (TPSA) is 61.3 Å². The molecule has 0 saturated carbocycles. The molecule has 2 heterocycles. The van der Waals surface area contributed by atoms with Crippen LogP contribution < -0.4 is 0 Å². The lowest BCUT2D eigenvalue weighted by Gasteiger charge is -1.94. The van der Waals surface area contributed by atoms with Gasteiger partial charge in [0.1, 0.15) is 11.8 Å². The van der Waals surface area contributed by atoms with Crippen molar-refractivity contribution >= 4 is 5.65 Å². The van der Waals surface area contributed by atoms with Crippen LogP contribution in [0, 0.1) is 18.3 Å². The van der Waals surface area contributed by atoms with E-state index in [1.807, 2.05) is 6.07 Å². The lowest BCUT2D eigenvalue weighted by Crippen LogP contribution is -1.87. The number of fused-ring (bicyclic) bond motifs is 1. The van der Waals surface area contributed by atoms with E-state index in [1.54, 1.807) is 29.7 Å². The predicted octanol–water partition coefficient (Wildman–Crippen LogP) is 1.22. The van der Waals surface area contributed by atoms with Gasteiger partial charge in [0.05, 0.1) is 5.69 Å². The normalized spacial score (nSPS) is 10.2. The second-order valence-corrected chi connectivity index (χ2v) is 2.74. The molecule has 13 heavy (non-hydrogen) atoms. The number of imidazole rings is 1. The predicted molar refractivity (Wildman–Crippen MR) is 46.3 cm³/mol. The molecule has 4 heteroatoms. The van der Waals surface area contributed by atoms with Crippen LogP contribution in [0.5, 0.6) is 5.75 Å². The molecule has 1 N–H and O–H groups in total. The second kappa shape index (κ2) is 2.49. The molecule has 0 spiro atoms. The first-order valence-electron chi connectivity index (χ1n) is 3.81. The Morgan fingerprint density at radius 3 is 3.08 bits per heavy atom. The minimum atomic E-state index is 0.0899. The van der Waals surface area contributed by atoms with E-state index in [1.165, 1.54) is 0 Å². The van der Waals surface area contributed by atoms with Crippen LogP contribution in [0.4, 0.5) is 0 Å². The Labute approximate surface area is 74.7 Å². The number of hydrogen-bond donors (Lipinski definition) is 1. The zero-order valence-electron chi connectivity index (χ0n) is 7.02. The molecule has 0 aromatic carbocycles. The molecule has 0 aliphatic carbocycles. The van der Waals surface area contributed by atoms with Gasteiger partial charge in [0.15, 0.2) is 11.4 Å². The molecule has 0 saturated heterocycles. The number of nitriles is 1. The van der Waals surface area contributed by atoms with Crippen molar-refractivity contribution in [3.05, 3.63) is 29.7 Å². The number of aromatic hydroxyl groups is 1. The second-order valence-electron chi connectivity index (χ2n) is 2.74. The van der Waals surface area contributed by atoms with E-state index in [9.17, 15) is 5.11 Å². The summed E-state index contributed by atoms with van der Waals surface area (Å²) in [6.07, 6.45) is 1.70. The van der Waals surface area contributed by atoms with Crippen LogP contribution >= 0.6 is 0 Å². The number of pyridine rings is 1. The molecule has 0 aliphatic rings. The number of rotatable bonds is 0. The summed E-state index contributed by atoms with van der Waals surface area (Å²) in [5, 5.41) is 18.2. The largest absolute Gasteiger partial charge is 0.504 e. The van der Waals surface area contributed by atoms with Crippen molar-refractivity contribution in [2.24, 2.45) is 0 Å². The average Bonchev–Trinajstić information content (AvgIpc) is 2.43. The molecule has 0 radical (unpaired) electrons. The lowest BCUT2D eigenvalue weighted by molar-refractivity contribution is 0.477. The monoisotopic (exact) mass is 173 g/mol. The fourth-order valence-electron chi connectivity index (χ4n) is 1.30. The highest BCUT2D eigenvalue weighted by molar-refractivity contribution is 5.56. The quantitative estimate of drug-likeness (QED) is 0.651. The van der Waals surface area contributed by atoms with E-state index in [4.69, 9.17) is 5.26 Å². The summed E-state index contributed by atoms with van der Waals surface area (Å²) in [6, 6.07) is 5.25. The van der Waals surface area contributed by atoms with Gasteiger partial charge in [0.2, 0.25) is 0 Å². The standard InChI is InChI=1S/C9H7N3O/c1-6-7(5-10)12-4-2-3-8(13)9(12)11-6/h2-4,13H,1H3. The van der Waals surface area contributed by atoms with Crippen LogP contribution in [0.3, 0.4) is 0 Å². The van der Waals surface area contributed by atoms with Gasteiger partial charge in [0, 0.05) is 6.20 Å². The minimum Gasteiger partial charge on any atom is -0.504 e. The Bertz CT molecular complexity index is 507. The molecular weight excluding hydrogens is 166 g/mol. The SMILES string of the molecule is Cc1nc2c(O)cccn2c1C#N. The molecule has 2 aromatic heterocycles. The van der Waals surface area contributed by atoms with E-state index < -0.39 is 0 Å². The maximum Gasteiger partial charge on any atom is 0.180 e. The van der Waals surface area contributed by atoms with Crippen LogP contribution in [0.15, 0.2) is 18.3 Å². The van der Waals surface area contributed by atoms with Crippen molar-refractivity contribution in [1.29, 1.82) is 5.26 Å². The van der Waals surface area contributed by atoms with Crippen molar-refractivity contribution in [1.82, 2.24) is 9.38 Å². The number of hydrogen-bond acceptors (Lipinski definition) is 3. The molecule has 2 rings (SSSR count). The van der Waals surface area contributed by atoms with Crippen LogP contribution in [-0.2, 0) is 0 Å². The molecule has 64 valence electrons. The van der Waals surface area contributed by atoms with Gasteiger partial charge in [-0.2, -0.15) is 5.26 Å². The molecule has 4 nitrogen and oxygen atoms in total. The Morgan fingerprint density at radius 2 is 2.38 bits per heavy atom. The smallest absolute Gasteiger partial charge is 0.180 e. The molecule has 0 amide bonds. The highest BCUT2D eigenvalue weighted by atomic mass is 16.3. The van der Waals surface area contributed by atoms with Gasteiger partial charge in [-0.1, -0.05) is 0 Å². The maximum atomic E-state index is 9.41. The molecule has 2 aromatic rings. The van der Waals surface area contributed by atoms with Crippen molar-refractivity contribution in [3.63, 3.8) is 0 Å². The van der Waals surface area contributed by atoms with Gasteiger partial charge in [-0.3, -0.25) is 4.40 Å². The summed E-state index contributed by atoms with van der Waals surface area (Å²) in [4.78, 5) is 4.07. The van der Waals surface area contributed by atoms with Gasteiger partial charge >= 0.3 is 0 Å². The third-order valence-electron chi connectivity index (χ3n) is 1.91. The summed E-state index contributed by atoms with van der Waals surface area (Å²) >= 11 is 0. The Morgan fingerprint density at radius 1 is 1.62 bits per heavy atom. The number of aryl methyl sites for hydroxylation is 1. The summed E-state index contributed by atoms with van der Waals surface area (Å²) < 4.78 is 1.57. The average molecular weight is 173 g/mol. The van der Waals surface area contributed by atoms with E-state index in [-0.39, 0.29) is 5.75 Å². The van der Waals surface area contributed by atoms with E-state index in [0.717, 1.165) is 0 Å². The first kappa shape index (κ1) is 7.62. The van der Waals surface area contributed by atoms with E-state index in [0.29, 0.717) is 17.0 Å². The molecule has 0 atom stereocenters. The summed E-state index contributed by atoms with van der Waals surface area (Å²) in [6.45, 7) is 1.74. The Kier molecular flexibility index (Phi) is 1.46. The molecule has 0 unspecified atom stereocenters. The number of aromatic nitrogens is 2. The summed E-state index contributed by atoms with van der Waals surface area (Å²) in [5.41, 5.74) is 1.52. The van der Waals surface area contributed by atoms with Crippen molar-refractivity contribution in [2.45, 2.75) is 6.92 Å². The minimum absolute atomic E-state index is 0.0899. The first-order valence-corrected chi connectivity index (χ1v) is 3.81. The fraction of sp³-hybridized carbons (Fsp3) is 0.111. The van der Waals surface area contributed by atoms with Crippen molar-refractivity contribution < 1.29 is 5.11 Å². The first-order chi connectivity index (χ1) is 6.24. The van der Waals surface area contributed by atoms with Gasteiger partial charge < -0.3 is 5.11 Å². The molecule has 0 bridgehead atoms. The van der Waals surface area contributed by atoms with E-state index in [2.05, 4.69) is 4.98 Å². The highest BCUT2D eigenvalue weighted by Crippen LogP contribution is 2.19. The fourth-order valence-corrected chi connectivity index (χ4v) is 1.30. The Balaban J connectivity index is 2.96. The third kappa shape index (κ3) is 0.942. The van der Waals surface area contributed by atoms with Gasteiger partial charge in [-0.25, -0.2) is 4.98 Å². The van der Waals surface area contributed by atoms with Gasteiger partial charge in [-0.05, 0) is 19.1 Å². The van der Waals surface area contributed by atoms with Crippen LogP contribution in [0.2, 0.25) is 0 Å². The lowest BCUT2D eigenvalue weighted by atomic mass is 10.4. The van der Waals surface area contributed by atoms with Gasteiger partial charge in [-0.15, -0.1) is 0 Å². The van der Waals surface area contributed by atoms with Crippen LogP contribution in [0.25, 0.3) is 5.65 Å². The summed E-state index contributed by atoms with van der Waals surface area (Å²) in [7, 11) is 0. The van der Waals surface area contributed by atoms with E-state index >= 15 is 0 Å².